The predicted octanol–water partition coefficient (Wildman–Crippen LogP) is 1.17. The lowest BCUT2D eigenvalue weighted by molar-refractivity contribution is -0.132. The summed E-state index contributed by atoms with van der Waals surface area (Å²) in [5, 5.41) is 8.47. The van der Waals surface area contributed by atoms with Gasteiger partial charge in [-0.3, -0.25) is 4.79 Å². The van der Waals surface area contributed by atoms with E-state index in [1.54, 1.807) is 11.9 Å². The Labute approximate surface area is 85.5 Å². The van der Waals surface area contributed by atoms with E-state index in [2.05, 4.69) is 0 Å². The molecule has 1 atom stereocenters. The molecule has 0 spiro atoms. The molecule has 0 aliphatic heterocycles. The minimum Gasteiger partial charge on any atom is -0.381 e. The van der Waals surface area contributed by atoms with Crippen LogP contribution in [0, 0.1) is 11.3 Å². The molecular formula is C10H18N2O2. The van der Waals surface area contributed by atoms with Gasteiger partial charge < -0.3 is 9.64 Å². The van der Waals surface area contributed by atoms with E-state index in [1.807, 2.05) is 19.9 Å². The second-order valence-corrected chi connectivity index (χ2v) is 3.16. The molecule has 1 unspecified atom stereocenters. The van der Waals surface area contributed by atoms with E-state index in [0.29, 0.717) is 26.1 Å². The Hall–Kier alpha value is -1.08. The van der Waals surface area contributed by atoms with Gasteiger partial charge in [-0.15, -0.1) is 0 Å². The Morgan fingerprint density at radius 1 is 1.64 bits per heavy atom. The minimum absolute atomic E-state index is 0.0193. The molecule has 1 amide bonds. The molecule has 0 aliphatic carbocycles. The Morgan fingerprint density at radius 3 is 2.79 bits per heavy atom. The molecule has 0 rings (SSSR count). The molecule has 4 nitrogen and oxygen atoms in total. The standard InChI is InChI=1S/C10H18N2O2/c1-4-14-8-6-10(13)12(3)9(2)5-7-11/h9H,4-6,8H2,1-3H3. The van der Waals surface area contributed by atoms with Crippen molar-refractivity contribution in [3.63, 3.8) is 0 Å². The fourth-order valence-electron chi connectivity index (χ4n) is 0.995. The van der Waals surface area contributed by atoms with Gasteiger partial charge in [-0.25, -0.2) is 0 Å². The molecule has 80 valence electrons. The van der Waals surface area contributed by atoms with Crippen LogP contribution in [0.25, 0.3) is 0 Å². The van der Waals surface area contributed by atoms with E-state index in [9.17, 15) is 4.79 Å². The average molecular weight is 198 g/mol. The van der Waals surface area contributed by atoms with Crippen LogP contribution < -0.4 is 0 Å². The molecule has 0 aromatic heterocycles. The first-order valence-electron chi connectivity index (χ1n) is 4.83. The summed E-state index contributed by atoms with van der Waals surface area (Å²) in [5.74, 6) is 0.0289. The first-order chi connectivity index (χ1) is 6.63. The second kappa shape index (κ2) is 7.34. The van der Waals surface area contributed by atoms with E-state index < -0.39 is 0 Å². The Morgan fingerprint density at radius 2 is 2.29 bits per heavy atom. The highest BCUT2D eigenvalue weighted by molar-refractivity contribution is 5.76. The van der Waals surface area contributed by atoms with Crippen molar-refractivity contribution in [2.24, 2.45) is 0 Å². The largest absolute Gasteiger partial charge is 0.381 e. The number of ether oxygens (including phenoxy) is 1. The number of carbonyl (C=O) groups is 1. The van der Waals surface area contributed by atoms with E-state index in [4.69, 9.17) is 10.00 Å². The van der Waals surface area contributed by atoms with Crippen molar-refractivity contribution in [1.29, 1.82) is 5.26 Å². The molecule has 0 radical (unpaired) electrons. The van der Waals surface area contributed by atoms with Crippen LogP contribution >= 0.6 is 0 Å². The van der Waals surface area contributed by atoms with Crippen molar-refractivity contribution in [2.75, 3.05) is 20.3 Å². The van der Waals surface area contributed by atoms with Crippen LogP contribution in [0.15, 0.2) is 0 Å². The molecule has 4 heteroatoms. The van der Waals surface area contributed by atoms with Gasteiger partial charge in [-0.05, 0) is 13.8 Å². The average Bonchev–Trinajstić information content (AvgIpc) is 2.17. The normalized spacial score (nSPS) is 11.9. The molecule has 0 N–H and O–H groups in total. The predicted molar refractivity (Wildman–Crippen MR) is 53.6 cm³/mol. The van der Waals surface area contributed by atoms with Crippen molar-refractivity contribution in [3.8, 4) is 6.07 Å². The summed E-state index contributed by atoms with van der Waals surface area (Å²) in [7, 11) is 1.72. The quantitative estimate of drug-likeness (QED) is 0.602. The third kappa shape index (κ3) is 4.83. The Bertz CT molecular complexity index is 211. The second-order valence-electron chi connectivity index (χ2n) is 3.16. The van der Waals surface area contributed by atoms with Crippen molar-refractivity contribution >= 4 is 5.91 Å². The van der Waals surface area contributed by atoms with Gasteiger partial charge in [-0.1, -0.05) is 0 Å². The lowest BCUT2D eigenvalue weighted by Crippen LogP contribution is -2.35. The third-order valence-electron chi connectivity index (χ3n) is 2.11. The maximum atomic E-state index is 11.5. The zero-order valence-corrected chi connectivity index (χ0v) is 9.12. The SMILES string of the molecule is CCOCCC(=O)N(C)C(C)CC#N. The summed E-state index contributed by atoms with van der Waals surface area (Å²) in [6, 6.07) is 2.03. The summed E-state index contributed by atoms with van der Waals surface area (Å²) < 4.78 is 5.08. The molecule has 0 bridgehead atoms. The molecular weight excluding hydrogens is 180 g/mol. The van der Waals surface area contributed by atoms with E-state index in [0.717, 1.165) is 0 Å². The number of hydrogen-bond acceptors (Lipinski definition) is 3. The lowest BCUT2D eigenvalue weighted by Gasteiger charge is -2.22. The van der Waals surface area contributed by atoms with E-state index >= 15 is 0 Å². The summed E-state index contributed by atoms with van der Waals surface area (Å²) in [6.45, 7) is 4.85. The number of nitriles is 1. The fourth-order valence-corrected chi connectivity index (χ4v) is 0.995. The summed E-state index contributed by atoms with van der Waals surface area (Å²) in [5.41, 5.74) is 0. The van der Waals surface area contributed by atoms with Gasteiger partial charge >= 0.3 is 0 Å². The molecule has 14 heavy (non-hydrogen) atoms. The van der Waals surface area contributed by atoms with Gasteiger partial charge in [-0.2, -0.15) is 5.26 Å². The van der Waals surface area contributed by atoms with Crippen LogP contribution in [0.1, 0.15) is 26.7 Å². The Kier molecular flexibility index (Phi) is 6.77. The first-order valence-corrected chi connectivity index (χ1v) is 4.83. The van der Waals surface area contributed by atoms with E-state index in [1.165, 1.54) is 0 Å². The number of amides is 1. The number of rotatable bonds is 6. The van der Waals surface area contributed by atoms with Gasteiger partial charge in [0.1, 0.15) is 0 Å². The van der Waals surface area contributed by atoms with Crippen LogP contribution in [0.3, 0.4) is 0 Å². The topological polar surface area (TPSA) is 53.3 Å². The van der Waals surface area contributed by atoms with Crippen molar-refractivity contribution < 1.29 is 9.53 Å². The maximum absolute atomic E-state index is 11.5. The van der Waals surface area contributed by atoms with Gasteiger partial charge in [0, 0.05) is 19.7 Å². The van der Waals surface area contributed by atoms with E-state index in [-0.39, 0.29) is 11.9 Å². The monoisotopic (exact) mass is 198 g/mol. The third-order valence-corrected chi connectivity index (χ3v) is 2.11. The summed E-state index contributed by atoms with van der Waals surface area (Å²) in [4.78, 5) is 13.1. The van der Waals surface area contributed by atoms with Gasteiger partial charge in [0.05, 0.1) is 25.5 Å². The van der Waals surface area contributed by atoms with Crippen LogP contribution in [0.5, 0.6) is 0 Å². The van der Waals surface area contributed by atoms with Crippen molar-refractivity contribution in [2.45, 2.75) is 32.7 Å². The maximum Gasteiger partial charge on any atom is 0.224 e. The van der Waals surface area contributed by atoms with Crippen LogP contribution in [0.2, 0.25) is 0 Å². The van der Waals surface area contributed by atoms with Crippen molar-refractivity contribution in [3.05, 3.63) is 0 Å². The first kappa shape index (κ1) is 12.9. The van der Waals surface area contributed by atoms with Crippen LogP contribution in [-0.4, -0.2) is 37.1 Å². The molecule has 0 saturated heterocycles. The van der Waals surface area contributed by atoms with Crippen molar-refractivity contribution in [1.82, 2.24) is 4.90 Å². The van der Waals surface area contributed by atoms with Gasteiger partial charge in [0.15, 0.2) is 0 Å². The minimum atomic E-state index is -0.0193. The fraction of sp³-hybridized carbons (Fsp3) is 0.800. The lowest BCUT2D eigenvalue weighted by atomic mass is 10.2. The molecule has 0 aromatic carbocycles. The molecule has 0 aromatic rings. The van der Waals surface area contributed by atoms with Crippen LogP contribution in [0.4, 0.5) is 0 Å². The molecule has 0 saturated carbocycles. The number of carbonyl (C=O) groups excluding carboxylic acids is 1. The van der Waals surface area contributed by atoms with Gasteiger partial charge in [0.2, 0.25) is 5.91 Å². The Balaban J connectivity index is 3.81. The number of hydrogen-bond donors (Lipinski definition) is 0. The smallest absolute Gasteiger partial charge is 0.224 e. The van der Waals surface area contributed by atoms with Gasteiger partial charge in [0.25, 0.3) is 0 Å². The summed E-state index contributed by atoms with van der Waals surface area (Å²) in [6.07, 6.45) is 0.761. The zero-order chi connectivity index (χ0) is 11.0. The number of nitrogens with zero attached hydrogens (tertiary/aromatic N) is 2. The highest BCUT2D eigenvalue weighted by Gasteiger charge is 2.14. The highest BCUT2D eigenvalue weighted by atomic mass is 16.5. The summed E-state index contributed by atoms with van der Waals surface area (Å²) >= 11 is 0. The zero-order valence-electron chi connectivity index (χ0n) is 9.12. The molecule has 0 aliphatic rings. The van der Waals surface area contributed by atoms with Crippen LogP contribution in [-0.2, 0) is 9.53 Å². The molecule has 0 heterocycles. The molecule has 0 fully saturated rings. The highest BCUT2D eigenvalue weighted by Crippen LogP contribution is 2.02.